The summed E-state index contributed by atoms with van der Waals surface area (Å²) in [6.07, 6.45) is 1.72. The number of nitrogens with zero attached hydrogens (tertiary/aromatic N) is 2. The van der Waals surface area contributed by atoms with Crippen molar-refractivity contribution in [1.29, 1.82) is 0 Å². The molecular weight excluding hydrogens is 656 g/mol. The first-order valence-corrected chi connectivity index (χ1v) is 16.5. The van der Waals surface area contributed by atoms with Crippen molar-refractivity contribution in [2.45, 2.75) is 26.8 Å². The van der Waals surface area contributed by atoms with E-state index in [1.54, 1.807) is 56.3 Å². The molecule has 12 heteroatoms. The lowest BCUT2D eigenvalue weighted by molar-refractivity contribution is -0.139. The lowest BCUT2D eigenvalue weighted by Crippen LogP contribution is -2.40. The number of thiazole rings is 1. The number of carbonyl (C=O) groups excluding carboxylic acids is 1. The predicted octanol–water partition coefficient (Wildman–Crippen LogP) is 5.25. The summed E-state index contributed by atoms with van der Waals surface area (Å²) in [5, 5.41) is 0.481. The molecule has 1 aliphatic rings. The second-order valence-corrected chi connectivity index (χ2v) is 12.2. The fourth-order valence-electron chi connectivity index (χ4n) is 5.20. The Kier molecular flexibility index (Phi) is 11.6. The largest absolute Gasteiger partial charge is 0.493 e. The van der Waals surface area contributed by atoms with Crippen LogP contribution in [-0.2, 0) is 14.3 Å². The number of hydrogen-bond acceptors (Lipinski definition) is 10. The van der Waals surface area contributed by atoms with Crippen molar-refractivity contribution in [2.24, 2.45) is 4.99 Å². The smallest absolute Gasteiger partial charge is 0.338 e. The van der Waals surface area contributed by atoms with Crippen molar-refractivity contribution in [3.63, 3.8) is 0 Å². The SMILES string of the molecule is CCOC(=O)C1=C(C)N=c2s/c(=C/c3cc(Cl)ccc3OCCOCCOc3ccc(C)cc3)c(=O)n2C1c1ccc(OC)c(OC)c1. The number of fused-ring (bicyclic) bond motifs is 1. The summed E-state index contributed by atoms with van der Waals surface area (Å²) in [5.74, 6) is 1.74. The zero-order valence-electron chi connectivity index (χ0n) is 27.4. The van der Waals surface area contributed by atoms with Gasteiger partial charge in [0.25, 0.3) is 5.56 Å². The summed E-state index contributed by atoms with van der Waals surface area (Å²) in [6.45, 7) is 7.08. The van der Waals surface area contributed by atoms with Gasteiger partial charge in [0.05, 0.1) is 55.9 Å². The highest BCUT2D eigenvalue weighted by Crippen LogP contribution is 2.36. The number of ether oxygens (including phenoxy) is 6. The van der Waals surface area contributed by atoms with E-state index in [0.717, 1.165) is 5.75 Å². The molecule has 252 valence electrons. The zero-order chi connectivity index (χ0) is 34.2. The number of methoxy groups -OCH3 is 2. The van der Waals surface area contributed by atoms with Gasteiger partial charge in [-0.1, -0.05) is 46.7 Å². The van der Waals surface area contributed by atoms with E-state index in [9.17, 15) is 9.59 Å². The molecule has 0 aliphatic carbocycles. The summed E-state index contributed by atoms with van der Waals surface area (Å²) in [6, 6.07) is 17.5. The van der Waals surface area contributed by atoms with E-state index in [1.807, 2.05) is 31.2 Å². The van der Waals surface area contributed by atoms with Crippen LogP contribution in [0.1, 0.15) is 36.6 Å². The Bertz CT molecular complexity index is 1980. The third-order valence-electron chi connectivity index (χ3n) is 7.50. The van der Waals surface area contributed by atoms with Crippen LogP contribution in [0.25, 0.3) is 6.08 Å². The summed E-state index contributed by atoms with van der Waals surface area (Å²) in [4.78, 5) is 32.5. The number of rotatable bonds is 14. The van der Waals surface area contributed by atoms with Crippen molar-refractivity contribution in [1.82, 2.24) is 4.57 Å². The van der Waals surface area contributed by atoms with Gasteiger partial charge in [0.2, 0.25) is 0 Å². The fourth-order valence-corrected chi connectivity index (χ4v) is 6.42. The fraction of sp³-hybridized carbons (Fsp3) is 0.306. The van der Waals surface area contributed by atoms with Gasteiger partial charge in [-0.25, -0.2) is 9.79 Å². The molecule has 1 aromatic heterocycles. The number of esters is 1. The molecule has 1 aliphatic heterocycles. The van der Waals surface area contributed by atoms with Crippen LogP contribution in [0.5, 0.6) is 23.0 Å². The van der Waals surface area contributed by atoms with Gasteiger partial charge in [-0.05, 0) is 74.9 Å². The van der Waals surface area contributed by atoms with Crippen LogP contribution < -0.4 is 33.8 Å². The molecule has 5 rings (SSSR count). The molecule has 0 amide bonds. The third-order valence-corrected chi connectivity index (χ3v) is 8.72. The topological polar surface area (TPSA) is 107 Å². The molecule has 0 saturated carbocycles. The van der Waals surface area contributed by atoms with Crippen LogP contribution in [0, 0.1) is 6.92 Å². The third kappa shape index (κ3) is 7.92. The van der Waals surface area contributed by atoms with Crippen LogP contribution in [-0.4, -0.2) is 57.8 Å². The molecule has 0 radical (unpaired) electrons. The molecule has 0 bridgehead atoms. The Hall–Kier alpha value is -4.58. The minimum absolute atomic E-state index is 0.169. The molecule has 10 nitrogen and oxygen atoms in total. The Morgan fingerprint density at radius 3 is 2.33 bits per heavy atom. The van der Waals surface area contributed by atoms with Gasteiger partial charge in [-0.2, -0.15) is 0 Å². The normalized spacial score (nSPS) is 14.3. The van der Waals surface area contributed by atoms with Crippen molar-refractivity contribution in [2.75, 3.05) is 47.3 Å². The van der Waals surface area contributed by atoms with Crippen LogP contribution in [0.3, 0.4) is 0 Å². The monoisotopic (exact) mass is 692 g/mol. The molecule has 0 N–H and O–H groups in total. The lowest BCUT2D eigenvalue weighted by Gasteiger charge is -2.25. The highest BCUT2D eigenvalue weighted by Gasteiger charge is 2.34. The van der Waals surface area contributed by atoms with Gasteiger partial charge in [-0.15, -0.1) is 0 Å². The maximum atomic E-state index is 14.1. The number of halogens is 1. The van der Waals surface area contributed by atoms with E-state index < -0.39 is 12.0 Å². The number of benzene rings is 3. The lowest BCUT2D eigenvalue weighted by atomic mass is 9.95. The Morgan fingerprint density at radius 2 is 1.62 bits per heavy atom. The molecule has 1 unspecified atom stereocenters. The Morgan fingerprint density at radius 1 is 0.917 bits per heavy atom. The van der Waals surface area contributed by atoms with Gasteiger partial charge >= 0.3 is 5.97 Å². The maximum Gasteiger partial charge on any atom is 0.338 e. The van der Waals surface area contributed by atoms with E-state index in [4.69, 9.17) is 40.0 Å². The van der Waals surface area contributed by atoms with Gasteiger partial charge < -0.3 is 28.4 Å². The summed E-state index contributed by atoms with van der Waals surface area (Å²) in [7, 11) is 3.07. The second-order valence-electron chi connectivity index (χ2n) is 10.7. The maximum absolute atomic E-state index is 14.1. The second kappa shape index (κ2) is 16.0. The molecule has 0 saturated heterocycles. The Balaban J connectivity index is 1.40. The minimum atomic E-state index is -0.815. The highest BCUT2D eigenvalue weighted by molar-refractivity contribution is 7.07. The summed E-state index contributed by atoms with van der Waals surface area (Å²) in [5.41, 5.74) is 2.79. The van der Waals surface area contributed by atoms with Crippen LogP contribution in [0.2, 0.25) is 5.02 Å². The molecule has 0 spiro atoms. The van der Waals surface area contributed by atoms with Crippen LogP contribution in [0.15, 0.2) is 81.7 Å². The minimum Gasteiger partial charge on any atom is -0.493 e. The highest BCUT2D eigenvalue weighted by atomic mass is 35.5. The summed E-state index contributed by atoms with van der Waals surface area (Å²) >= 11 is 7.57. The van der Waals surface area contributed by atoms with Crippen LogP contribution >= 0.6 is 22.9 Å². The zero-order valence-corrected chi connectivity index (χ0v) is 29.0. The molecule has 4 aromatic rings. The molecule has 0 fully saturated rings. The van der Waals surface area contributed by atoms with Crippen LogP contribution in [0.4, 0.5) is 0 Å². The first-order valence-electron chi connectivity index (χ1n) is 15.3. The van der Waals surface area contributed by atoms with Crippen molar-refractivity contribution >= 4 is 35.0 Å². The van der Waals surface area contributed by atoms with Crippen molar-refractivity contribution in [3.05, 3.63) is 113 Å². The molecule has 2 heterocycles. The van der Waals surface area contributed by atoms with E-state index in [0.29, 0.717) is 68.2 Å². The molecule has 3 aromatic carbocycles. The van der Waals surface area contributed by atoms with Gasteiger partial charge in [0, 0.05) is 10.6 Å². The van der Waals surface area contributed by atoms with E-state index in [1.165, 1.54) is 35.7 Å². The van der Waals surface area contributed by atoms with E-state index in [-0.39, 0.29) is 24.3 Å². The number of aryl methyl sites for hydroxylation is 1. The molecule has 48 heavy (non-hydrogen) atoms. The van der Waals surface area contributed by atoms with Crippen molar-refractivity contribution in [3.8, 4) is 23.0 Å². The van der Waals surface area contributed by atoms with Gasteiger partial charge in [-0.3, -0.25) is 9.36 Å². The number of hydrogen-bond donors (Lipinski definition) is 0. The predicted molar refractivity (Wildman–Crippen MR) is 184 cm³/mol. The van der Waals surface area contributed by atoms with Gasteiger partial charge in [0.1, 0.15) is 24.7 Å². The molecule has 1 atom stereocenters. The number of aromatic nitrogens is 1. The van der Waals surface area contributed by atoms with Gasteiger partial charge in [0.15, 0.2) is 16.3 Å². The van der Waals surface area contributed by atoms with E-state index in [2.05, 4.69) is 4.99 Å². The number of allylic oxidation sites excluding steroid dienone is 1. The summed E-state index contributed by atoms with van der Waals surface area (Å²) < 4.78 is 35.7. The van der Waals surface area contributed by atoms with Crippen molar-refractivity contribution < 1.29 is 33.2 Å². The average Bonchev–Trinajstić information content (AvgIpc) is 3.38. The first-order chi connectivity index (χ1) is 23.2. The number of carbonyl (C=O) groups is 1. The standard InChI is InChI=1S/C36H37ClN2O8S/c1-6-45-35(41)32-23(3)38-36-39(33(32)24-9-13-29(42-4)30(20-24)43-5)34(40)31(48-36)21-25-19-26(37)10-14-28(25)47-18-16-44-15-17-46-27-11-7-22(2)8-12-27/h7-14,19-21,33H,6,15-18H2,1-5H3/b31-21+. The van der Waals surface area contributed by atoms with E-state index >= 15 is 0 Å². The molecular formula is C36H37ClN2O8S. The average molecular weight is 693 g/mol. The first kappa shape index (κ1) is 34.7. The Labute approximate surface area is 287 Å². The quantitative estimate of drug-likeness (QED) is 0.130.